The third-order valence-electron chi connectivity index (χ3n) is 3.28. The van der Waals surface area contributed by atoms with Gasteiger partial charge >= 0.3 is 0 Å². The summed E-state index contributed by atoms with van der Waals surface area (Å²) in [6.07, 6.45) is 2.03. The fourth-order valence-corrected chi connectivity index (χ4v) is 3.12. The van der Waals surface area contributed by atoms with Crippen molar-refractivity contribution in [1.29, 1.82) is 0 Å². The molecule has 0 aliphatic heterocycles. The van der Waals surface area contributed by atoms with Crippen molar-refractivity contribution in [3.63, 3.8) is 0 Å². The summed E-state index contributed by atoms with van der Waals surface area (Å²) in [6.45, 7) is 0.832. The van der Waals surface area contributed by atoms with E-state index in [2.05, 4.69) is 11.2 Å². The Bertz CT molecular complexity index is 804. The molecule has 0 aliphatic carbocycles. The Morgan fingerprint density at radius 2 is 2.09 bits per heavy atom. The molecular formula is C16H15ClN2O2S. The molecule has 0 radical (unpaired) electrons. The number of rotatable bonds is 5. The van der Waals surface area contributed by atoms with Crippen molar-refractivity contribution in [2.45, 2.75) is 4.90 Å². The SMILES string of the molecule is CSc1ccccc1-c1noc2c(Cl)c(OCCN)ccc12. The van der Waals surface area contributed by atoms with Crippen molar-refractivity contribution in [3.8, 4) is 17.0 Å². The first kappa shape index (κ1) is 15.2. The third-order valence-corrected chi connectivity index (χ3v) is 4.44. The predicted octanol–water partition coefficient (Wildman–Crippen LogP) is 4.21. The lowest BCUT2D eigenvalue weighted by atomic mass is 10.1. The number of ether oxygens (including phenoxy) is 1. The Kier molecular flexibility index (Phi) is 4.57. The zero-order valence-electron chi connectivity index (χ0n) is 12.0. The molecule has 4 nitrogen and oxygen atoms in total. The predicted molar refractivity (Wildman–Crippen MR) is 90.8 cm³/mol. The fraction of sp³-hybridized carbons (Fsp3) is 0.188. The molecule has 0 unspecified atom stereocenters. The van der Waals surface area contributed by atoms with Crippen LogP contribution in [-0.4, -0.2) is 24.6 Å². The summed E-state index contributed by atoms with van der Waals surface area (Å²) in [5, 5.41) is 5.49. The number of hydrogen-bond donors (Lipinski definition) is 1. The van der Waals surface area contributed by atoms with Gasteiger partial charge in [0.05, 0.1) is 5.39 Å². The summed E-state index contributed by atoms with van der Waals surface area (Å²) < 4.78 is 11.0. The lowest BCUT2D eigenvalue weighted by Gasteiger charge is -2.07. The van der Waals surface area contributed by atoms with Crippen LogP contribution in [0.1, 0.15) is 0 Å². The van der Waals surface area contributed by atoms with Crippen molar-refractivity contribution < 1.29 is 9.26 Å². The molecule has 3 rings (SSSR count). The summed E-state index contributed by atoms with van der Waals surface area (Å²) in [5.74, 6) is 0.556. The molecule has 0 saturated carbocycles. The molecule has 0 aliphatic rings. The molecule has 0 saturated heterocycles. The fourth-order valence-electron chi connectivity index (χ4n) is 2.27. The van der Waals surface area contributed by atoms with Gasteiger partial charge in [-0.1, -0.05) is 35.0 Å². The van der Waals surface area contributed by atoms with Gasteiger partial charge in [-0.25, -0.2) is 0 Å². The van der Waals surface area contributed by atoms with Crippen LogP contribution in [0.2, 0.25) is 5.02 Å². The van der Waals surface area contributed by atoms with E-state index in [0.29, 0.717) is 29.5 Å². The van der Waals surface area contributed by atoms with Crippen LogP contribution in [-0.2, 0) is 0 Å². The second-order valence-electron chi connectivity index (χ2n) is 4.62. The molecule has 0 bridgehead atoms. The Morgan fingerprint density at radius 1 is 1.27 bits per heavy atom. The molecule has 0 atom stereocenters. The number of hydrogen-bond acceptors (Lipinski definition) is 5. The highest BCUT2D eigenvalue weighted by atomic mass is 35.5. The summed E-state index contributed by atoms with van der Waals surface area (Å²) in [6, 6.07) is 11.8. The van der Waals surface area contributed by atoms with Gasteiger partial charge in [-0.3, -0.25) is 0 Å². The summed E-state index contributed by atoms with van der Waals surface area (Å²) >= 11 is 8.01. The quantitative estimate of drug-likeness (QED) is 0.708. The van der Waals surface area contributed by atoms with E-state index in [9.17, 15) is 0 Å². The van der Waals surface area contributed by atoms with Gasteiger partial charge in [0.15, 0.2) is 5.58 Å². The minimum Gasteiger partial charge on any atom is -0.491 e. The maximum Gasteiger partial charge on any atom is 0.189 e. The number of halogens is 1. The molecule has 2 aromatic carbocycles. The first-order valence-corrected chi connectivity index (χ1v) is 8.40. The zero-order valence-corrected chi connectivity index (χ0v) is 13.6. The Hall–Kier alpha value is -1.69. The minimum absolute atomic E-state index is 0.404. The Labute approximate surface area is 137 Å². The minimum atomic E-state index is 0.404. The monoisotopic (exact) mass is 334 g/mol. The van der Waals surface area contributed by atoms with Crippen molar-refractivity contribution in [2.24, 2.45) is 5.73 Å². The van der Waals surface area contributed by atoms with Crippen molar-refractivity contribution in [1.82, 2.24) is 5.16 Å². The average molecular weight is 335 g/mol. The van der Waals surface area contributed by atoms with Gasteiger partial charge < -0.3 is 15.0 Å². The maximum atomic E-state index is 6.35. The van der Waals surface area contributed by atoms with Crippen molar-refractivity contribution in [3.05, 3.63) is 41.4 Å². The number of nitrogens with zero attached hydrogens (tertiary/aromatic N) is 1. The average Bonchev–Trinajstić information content (AvgIpc) is 2.99. The molecule has 2 N–H and O–H groups in total. The van der Waals surface area contributed by atoms with Crippen LogP contribution < -0.4 is 10.5 Å². The van der Waals surface area contributed by atoms with Gasteiger partial charge in [0.2, 0.25) is 0 Å². The van der Waals surface area contributed by atoms with E-state index in [1.807, 2.05) is 36.6 Å². The summed E-state index contributed by atoms with van der Waals surface area (Å²) in [4.78, 5) is 1.14. The van der Waals surface area contributed by atoms with Crippen LogP contribution in [0.25, 0.3) is 22.2 Å². The number of thioether (sulfide) groups is 1. The Balaban J connectivity index is 2.11. The standard InChI is InChI=1S/C16H15ClN2O2S/c1-22-13-5-3-2-4-10(13)15-11-6-7-12(20-9-8-18)14(17)16(11)21-19-15/h2-7H,8-9,18H2,1H3. The molecule has 0 amide bonds. The molecule has 3 aromatic rings. The molecule has 22 heavy (non-hydrogen) atoms. The lowest BCUT2D eigenvalue weighted by Crippen LogP contribution is -2.10. The van der Waals surface area contributed by atoms with Gasteiger partial charge in [-0.2, -0.15) is 0 Å². The van der Waals surface area contributed by atoms with Crippen molar-refractivity contribution >= 4 is 34.3 Å². The van der Waals surface area contributed by atoms with Crippen LogP contribution in [0.5, 0.6) is 5.75 Å². The van der Waals surface area contributed by atoms with Gasteiger partial charge in [0, 0.05) is 17.0 Å². The van der Waals surface area contributed by atoms with Gasteiger partial charge in [0.25, 0.3) is 0 Å². The van der Waals surface area contributed by atoms with E-state index >= 15 is 0 Å². The van der Waals surface area contributed by atoms with Crippen LogP contribution in [0, 0.1) is 0 Å². The first-order chi connectivity index (χ1) is 10.8. The van der Waals surface area contributed by atoms with Gasteiger partial charge in [-0.05, 0) is 24.5 Å². The van der Waals surface area contributed by atoms with E-state index in [0.717, 1.165) is 21.5 Å². The van der Waals surface area contributed by atoms with Gasteiger partial charge in [0.1, 0.15) is 23.1 Å². The number of aromatic nitrogens is 1. The van der Waals surface area contributed by atoms with Crippen LogP contribution in [0.4, 0.5) is 0 Å². The van der Waals surface area contributed by atoms with E-state index in [1.165, 1.54) is 0 Å². The summed E-state index contributed by atoms with van der Waals surface area (Å²) in [7, 11) is 0. The highest BCUT2D eigenvalue weighted by Gasteiger charge is 2.18. The molecule has 1 heterocycles. The van der Waals surface area contributed by atoms with Crippen LogP contribution in [0.3, 0.4) is 0 Å². The van der Waals surface area contributed by atoms with Crippen LogP contribution in [0.15, 0.2) is 45.8 Å². The van der Waals surface area contributed by atoms with E-state index in [4.69, 9.17) is 26.6 Å². The second-order valence-corrected chi connectivity index (χ2v) is 5.85. The molecule has 114 valence electrons. The summed E-state index contributed by atoms with van der Waals surface area (Å²) in [5.41, 5.74) is 7.79. The molecule has 0 fully saturated rings. The van der Waals surface area contributed by atoms with E-state index < -0.39 is 0 Å². The van der Waals surface area contributed by atoms with Crippen molar-refractivity contribution in [2.75, 3.05) is 19.4 Å². The second kappa shape index (κ2) is 6.60. The maximum absolute atomic E-state index is 6.35. The molecule has 1 aromatic heterocycles. The smallest absolute Gasteiger partial charge is 0.189 e. The number of nitrogens with two attached hydrogens (primary N) is 1. The van der Waals surface area contributed by atoms with Gasteiger partial charge in [-0.15, -0.1) is 11.8 Å². The normalized spacial score (nSPS) is 11.0. The topological polar surface area (TPSA) is 61.3 Å². The lowest BCUT2D eigenvalue weighted by molar-refractivity contribution is 0.328. The largest absolute Gasteiger partial charge is 0.491 e. The highest BCUT2D eigenvalue weighted by Crippen LogP contribution is 2.39. The highest BCUT2D eigenvalue weighted by molar-refractivity contribution is 7.98. The zero-order chi connectivity index (χ0) is 15.5. The van der Waals surface area contributed by atoms with E-state index in [1.54, 1.807) is 11.8 Å². The molecule has 0 spiro atoms. The van der Waals surface area contributed by atoms with Crippen LogP contribution >= 0.6 is 23.4 Å². The van der Waals surface area contributed by atoms with E-state index in [-0.39, 0.29) is 0 Å². The first-order valence-electron chi connectivity index (χ1n) is 6.80. The number of benzene rings is 2. The molecule has 6 heteroatoms. The number of fused-ring (bicyclic) bond motifs is 1. The Morgan fingerprint density at radius 3 is 2.86 bits per heavy atom. The molecular weight excluding hydrogens is 320 g/mol. The third kappa shape index (κ3) is 2.67.